The van der Waals surface area contributed by atoms with E-state index in [-0.39, 0.29) is 6.09 Å². The number of rotatable bonds is 5. The number of hydrogen-bond donors (Lipinski definition) is 0. The number of piperazine rings is 1. The first kappa shape index (κ1) is 27.8. The Bertz CT molecular complexity index is 1430. The number of nitrogens with zero attached hydrogens (tertiary/aromatic N) is 6. The number of aromatic nitrogens is 2. The molecule has 1 aromatic heterocycles. The predicted molar refractivity (Wildman–Crippen MR) is 162 cm³/mol. The van der Waals surface area contributed by atoms with Crippen molar-refractivity contribution in [2.45, 2.75) is 58.3 Å². The van der Waals surface area contributed by atoms with E-state index in [0.717, 1.165) is 51.5 Å². The molecule has 2 saturated heterocycles. The normalized spacial score (nSPS) is 19.6. The van der Waals surface area contributed by atoms with Crippen LogP contribution in [-0.2, 0) is 17.8 Å². The molecule has 4 heterocycles. The fraction of sp³-hybridized carbons (Fsp3) is 0.516. The van der Waals surface area contributed by atoms with Crippen LogP contribution in [0.5, 0.6) is 6.01 Å². The fourth-order valence-electron chi connectivity index (χ4n) is 6.04. The number of benzene rings is 2. The van der Waals surface area contributed by atoms with E-state index in [1.54, 1.807) is 4.90 Å². The molecule has 9 nitrogen and oxygen atoms in total. The number of carbonyl (C=O) groups is 1. The highest BCUT2D eigenvalue weighted by Crippen LogP contribution is 2.39. The molecule has 41 heavy (non-hydrogen) atoms. The molecule has 0 spiro atoms. The van der Waals surface area contributed by atoms with Crippen molar-refractivity contribution in [3.8, 4) is 6.01 Å². The minimum absolute atomic E-state index is 0.270. The highest BCUT2D eigenvalue weighted by molar-refractivity contribution is 6.36. The molecule has 218 valence electrons. The van der Waals surface area contributed by atoms with Crippen molar-refractivity contribution in [3.63, 3.8) is 0 Å². The van der Waals surface area contributed by atoms with Crippen LogP contribution in [0.15, 0.2) is 36.4 Å². The van der Waals surface area contributed by atoms with Crippen LogP contribution in [-0.4, -0.2) is 83.9 Å². The maximum absolute atomic E-state index is 12.7. The average Bonchev–Trinajstić information content (AvgIpc) is 3.56. The predicted octanol–water partition coefficient (Wildman–Crippen LogP) is 5.33. The van der Waals surface area contributed by atoms with E-state index in [2.05, 4.69) is 46.0 Å². The summed E-state index contributed by atoms with van der Waals surface area (Å²) in [6, 6.07) is 13.1. The molecule has 1 amide bonds. The molecule has 0 N–H and O–H groups in total. The van der Waals surface area contributed by atoms with Crippen LogP contribution in [0.3, 0.4) is 0 Å². The van der Waals surface area contributed by atoms with Gasteiger partial charge in [-0.2, -0.15) is 9.97 Å². The molecular formula is C31H39ClN6O3. The van der Waals surface area contributed by atoms with Gasteiger partial charge in [-0.15, -0.1) is 0 Å². The van der Waals surface area contributed by atoms with Crippen LogP contribution in [0.1, 0.15) is 44.9 Å². The zero-order chi connectivity index (χ0) is 28.7. The lowest BCUT2D eigenvalue weighted by molar-refractivity contribution is 0.0240. The van der Waals surface area contributed by atoms with E-state index in [0.29, 0.717) is 57.9 Å². The van der Waals surface area contributed by atoms with Crippen molar-refractivity contribution in [1.82, 2.24) is 19.8 Å². The van der Waals surface area contributed by atoms with Gasteiger partial charge >= 0.3 is 12.1 Å². The Morgan fingerprint density at radius 3 is 2.46 bits per heavy atom. The van der Waals surface area contributed by atoms with Crippen molar-refractivity contribution < 1.29 is 14.3 Å². The van der Waals surface area contributed by atoms with Gasteiger partial charge in [-0.25, -0.2) is 4.79 Å². The minimum Gasteiger partial charge on any atom is -0.462 e. The second-order valence-corrected chi connectivity index (χ2v) is 12.7. The molecule has 3 aromatic rings. The van der Waals surface area contributed by atoms with Crippen LogP contribution in [0, 0.1) is 0 Å². The molecule has 0 aliphatic carbocycles. The zero-order valence-corrected chi connectivity index (χ0v) is 25.2. The Labute approximate surface area is 247 Å². The first-order valence-corrected chi connectivity index (χ1v) is 14.9. The SMILES string of the molecule is CN1CCC[C@H]1COc1nc2c(c(N3CCN(C(=O)OC(C)(C)C)CC3)n1)CN(c1cccc3cccc(Cl)c13)C2. The summed E-state index contributed by atoms with van der Waals surface area (Å²) >= 11 is 6.70. The summed E-state index contributed by atoms with van der Waals surface area (Å²) in [6.07, 6.45) is 2.04. The lowest BCUT2D eigenvalue weighted by Gasteiger charge is -2.36. The lowest BCUT2D eigenvalue weighted by Crippen LogP contribution is -2.50. The molecule has 0 saturated carbocycles. The average molecular weight is 579 g/mol. The Kier molecular flexibility index (Phi) is 7.59. The van der Waals surface area contributed by atoms with Crippen molar-refractivity contribution in [2.24, 2.45) is 0 Å². The maximum atomic E-state index is 12.7. The Morgan fingerprint density at radius 2 is 1.76 bits per heavy atom. The quantitative estimate of drug-likeness (QED) is 0.402. The zero-order valence-electron chi connectivity index (χ0n) is 24.4. The van der Waals surface area contributed by atoms with Gasteiger partial charge in [0, 0.05) is 55.4 Å². The molecule has 2 fully saturated rings. The summed E-state index contributed by atoms with van der Waals surface area (Å²) in [5.74, 6) is 0.891. The molecular weight excluding hydrogens is 540 g/mol. The van der Waals surface area contributed by atoms with Crippen LogP contribution < -0.4 is 14.5 Å². The largest absolute Gasteiger partial charge is 0.462 e. The van der Waals surface area contributed by atoms with Crippen molar-refractivity contribution in [1.29, 1.82) is 0 Å². The molecule has 3 aliphatic heterocycles. The summed E-state index contributed by atoms with van der Waals surface area (Å²) in [5.41, 5.74) is 2.64. The molecule has 2 aromatic carbocycles. The van der Waals surface area contributed by atoms with Gasteiger partial charge in [-0.1, -0.05) is 35.9 Å². The number of ether oxygens (including phenoxy) is 2. The van der Waals surface area contributed by atoms with E-state index in [9.17, 15) is 4.79 Å². The van der Waals surface area contributed by atoms with E-state index in [1.807, 2.05) is 32.9 Å². The number of carbonyl (C=O) groups excluding carboxylic acids is 1. The second-order valence-electron chi connectivity index (χ2n) is 12.3. The Morgan fingerprint density at radius 1 is 1.00 bits per heavy atom. The second kappa shape index (κ2) is 11.2. The minimum atomic E-state index is -0.519. The van der Waals surface area contributed by atoms with Gasteiger partial charge in [0.1, 0.15) is 18.0 Å². The molecule has 1 atom stereocenters. The van der Waals surface area contributed by atoms with Gasteiger partial charge in [-0.3, -0.25) is 0 Å². The Balaban J connectivity index is 1.27. The molecule has 3 aliphatic rings. The van der Waals surface area contributed by atoms with Crippen LogP contribution in [0.25, 0.3) is 10.8 Å². The monoisotopic (exact) mass is 578 g/mol. The summed E-state index contributed by atoms with van der Waals surface area (Å²) in [7, 11) is 2.15. The van der Waals surface area contributed by atoms with Crippen LogP contribution in [0.4, 0.5) is 16.3 Å². The van der Waals surface area contributed by atoms with Crippen molar-refractivity contribution >= 4 is 40.0 Å². The highest BCUT2D eigenvalue weighted by Gasteiger charge is 2.33. The number of fused-ring (bicyclic) bond motifs is 2. The molecule has 10 heteroatoms. The van der Waals surface area contributed by atoms with Gasteiger partial charge in [0.15, 0.2) is 0 Å². The summed E-state index contributed by atoms with van der Waals surface area (Å²) in [5, 5.41) is 2.90. The molecule has 0 unspecified atom stereocenters. The molecule has 6 rings (SSSR count). The van der Waals surface area contributed by atoms with Crippen LogP contribution in [0.2, 0.25) is 5.02 Å². The number of anilines is 2. The number of hydrogen-bond acceptors (Lipinski definition) is 8. The fourth-order valence-corrected chi connectivity index (χ4v) is 6.32. The molecule has 0 bridgehead atoms. The lowest BCUT2D eigenvalue weighted by atomic mass is 10.1. The maximum Gasteiger partial charge on any atom is 0.410 e. The first-order valence-electron chi connectivity index (χ1n) is 14.5. The summed E-state index contributed by atoms with van der Waals surface area (Å²) in [4.78, 5) is 31.3. The van der Waals surface area contributed by atoms with E-state index >= 15 is 0 Å². The number of likely N-dealkylation sites (N-methyl/N-ethyl adjacent to an activating group) is 1. The van der Waals surface area contributed by atoms with Gasteiger partial charge in [-0.05, 0) is 64.7 Å². The van der Waals surface area contributed by atoms with Gasteiger partial charge < -0.3 is 29.1 Å². The van der Waals surface area contributed by atoms with Crippen LogP contribution >= 0.6 is 11.6 Å². The Hall–Kier alpha value is -3.30. The third-order valence-electron chi connectivity index (χ3n) is 8.22. The standard InChI is InChI=1S/C31H39ClN6O3/c1-31(2,3)41-30(39)37-16-14-36(15-17-37)28-23-18-38(26-12-6-9-21-8-5-11-24(32)27(21)26)19-25(23)33-29(34-28)40-20-22-10-7-13-35(22)4/h5-6,8-9,11-12,22H,7,10,13-20H2,1-4H3/t22-/m0/s1. The molecule has 0 radical (unpaired) electrons. The number of likely N-dealkylation sites (tertiary alicyclic amines) is 1. The van der Waals surface area contributed by atoms with E-state index in [1.165, 1.54) is 6.42 Å². The highest BCUT2D eigenvalue weighted by atomic mass is 35.5. The number of amides is 1. The van der Waals surface area contributed by atoms with Gasteiger partial charge in [0.05, 0.1) is 17.3 Å². The summed E-state index contributed by atoms with van der Waals surface area (Å²) in [6.45, 7) is 11.1. The van der Waals surface area contributed by atoms with Crippen molar-refractivity contribution in [2.75, 3.05) is 56.2 Å². The van der Waals surface area contributed by atoms with Gasteiger partial charge in [0.2, 0.25) is 0 Å². The van der Waals surface area contributed by atoms with Gasteiger partial charge in [0.25, 0.3) is 0 Å². The topological polar surface area (TPSA) is 74.3 Å². The first-order chi connectivity index (χ1) is 19.7. The smallest absolute Gasteiger partial charge is 0.410 e. The number of halogens is 1. The third kappa shape index (κ3) is 5.88. The van der Waals surface area contributed by atoms with E-state index < -0.39 is 5.60 Å². The summed E-state index contributed by atoms with van der Waals surface area (Å²) < 4.78 is 11.9. The third-order valence-corrected chi connectivity index (χ3v) is 8.53. The van der Waals surface area contributed by atoms with Crippen molar-refractivity contribution in [3.05, 3.63) is 52.7 Å². The van der Waals surface area contributed by atoms with E-state index in [4.69, 9.17) is 31.0 Å².